The van der Waals surface area contributed by atoms with Gasteiger partial charge < -0.3 is 15.4 Å². The molecule has 9 heteroatoms. The maximum absolute atomic E-state index is 12.7. The molecular weight excluding hydrogens is 412 g/mol. The number of carbonyl (C=O) groups excluding carboxylic acids is 2. The van der Waals surface area contributed by atoms with E-state index in [1.165, 1.54) is 12.1 Å². The first-order valence-corrected chi connectivity index (χ1v) is 9.66. The van der Waals surface area contributed by atoms with Gasteiger partial charge in [-0.05, 0) is 36.4 Å². The molecule has 0 saturated heterocycles. The molecule has 1 aromatic heterocycles. The van der Waals surface area contributed by atoms with Crippen LogP contribution in [0.4, 0.5) is 5.69 Å². The second-order valence-electron chi connectivity index (χ2n) is 6.78. The lowest BCUT2D eigenvalue weighted by molar-refractivity contribution is -0.115. The summed E-state index contributed by atoms with van der Waals surface area (Å²) in [7, 11) is 0. The largest absolute Gasteiger partial charge is 0.457 e. The minimum Gasteiger partial charge on any atom is -0.457 e. The molecule has 0 unspecified atom stereocenters. The van der Waals surface area contributed by atoms with Crippen molar-refractivity contribution in [3.63, 3.8) is 0 Å². The number of anilines is 1. The van der Waals surface area contributed by atoms with Gasteiger partial charge in [0.25, 0.3) is 17.0 Å². The Kier molecular flexibility index (Phi) is 5.80. The van der Waals surface area contributed by atoms with Gasteiger partial charge in [0.05, 0.1) is 28.6 Å². The number of fused-ring (bicyclic) bond motifs is 1. The smallest absolute Gasteiger partial charge is 0.272 e. The first kappa shape index (κ1) is 20.6. The van der Waals surface area contributed by atoms with Gasteiger partial charge in [0, 0.05) is 0 Å². The summed E-state index contributed by atoms with van der Waals surface area (Å²) in [5.41, 5.74) is -0.607. The summed E-state index contributed by atoms with van der Waals surface area (Å²) in [4.78, 5) is 49.1. The molecule has 0 atom stereocenters. The zero-order valence-corrected chi connectivity index (χ0v) is 16.7. The number of carbonyl (C=O) groups is 2. The standard InChI is InChI=1S/C23H18N4O5/c28-19(25-17-11-6-10-16-20(17)23(31)27-26-22(16)30)13-24-21(29)15-9-4-5-12-18(15)32-14-7-2-1-3-8-14/h1-12H,13H2,(H,24,29)(H,25,28)(H,26,30)(H,27,31). The van der Waals surface area contributed by atoms with Crippen molar-refractivity contribution >= 4 is 28.3 Å². The lowest BCUT2D eigenvalue weighted by Gasteiger charge is -2.12. The van der Waals surface area contributed by atoms with Gasteiger partial charge in [-0.15, -0.1) is 0 Å². The fourth-order valence-electron chi connectivity index (χ4n) is 3.14. The minimum absolute atomic E-state index is 0.0533. The number of ether oxygens (including phenoxy) is 1. The molecule has 0 radical (unpaired) electrons. The first-order valence-electron chi connectivity index (χ1n) is 9.66. The number of aromatic amines is 2. The zero-order chi connectivity index (χ0) is 22.5. The summed E-state index contributed by atoms with van der Waals surface area (Å²) in [6.07, 6.45) is 0. The number of para-hydroxylation sites is 2. The number of amides is 2. The predicted octanol–water partition coefficient (Wildman–Crippen LogP) is 2.38. The van der Waals surface area contributed by atoms with E-state index in [0.717, 1.165) is 0 Å². The summed E-state index contributed by atoms with van der Waals surface area (Å²) < 4.78 is 5.77. The molecule has 4 rings (SSSR count). The van der Waals surface area contributed by atoms with Gasteiger partial charge in [-0.25, -0.2) is 0 Å². The lowest BCUT2D eigenvalue weighted by Crippen LogP contribution is -2.33. The molecule has 1 heterocycles. The van der Waals surface area contributed by atoms with E-state index < -0.39 is 22.9 Å². The Labute approximate surface area is 181 Å². The average Bonchev–Trinajstić information content (AvgIpc) is 2.81. The van der Waals surface area contributed by atoms with Gasteiger partial charge >= 0.3 is 0 Å². The average molecular weight is 430 g/mol. The van der Waals surface area contributed by atoms with Crippen LogP contribution in [0.15, 0.2) is 82.4 Å². The van der Waals surface area contributed by atoms with Crippen LogP contribution >= 0.6 is 0 Å². The summed E-state index contributed by atoms with van der Waals surface area (Å²) in [6.45, 7) is -0.351. The molecule has 0 fully saturated rings. The Morgan fingerprint density at radius 3 is 2.34 bits per heavy atom. The predicted molar refractivity (Wildman–Crippen MR) is 119 cm³/mol. The number of hydrogen-bond donors (Lipinski definition) is 4. The summed E-state index contributed by atoms with van der Waals surface area (Å²) in [5, 5.41) is 9.74. The van der Waals surface area contributed by atoms with E-state index in [9.17, 15) is 19.2 Å². The highest BCUT2D eigenvalue weighted by molar-refractivity contribution is 6.04. The van der Waals surface area contributed by atoms with Gasteiger partial charge in [-0.3, -0.25) is 29.4 Å². The molecule has 0 aliphatic rings. The zero-order valence-electron chi connectivity index (χ0n) is 16.7. The van der Waals surface area contributed by atoms with Crippen molar-refractivity contribution in [3.05, 3.63) is 99.1 Å². The SMILES string of the molecule is O=C(CNC(=O)c1ccccc1Oc1ccccc1)Nc1cccc2c(=O)[nH][nH]c(=O)c12. The normalized spacial score (nSPS) is 10.5. The fraction of sp³-hybridized carbons (Fsp3) is 0.0435. The van der Waals surface area contributed by atoms with Gasteiger partial charge in [0.15, 0.2) is 0 Å². The molecular formula is C23H18N4O5. The second kappa shape index (κ2) is 9.00. The maximum atomic E-state index is 12.7. The third kappa shape index (κ3) is 4.41. The Balaban J connectivity index is 1.46. The van der Waals surface area contributed by atoms with Crippen LogP contribution in [-0.2, 0) is 4.79 Å². The number of nitrogens with one attached hydrogen (secondary N) is 4. The highest BCUT2D eigenvalue weighted by Gasteiger charge is 2.15. The van der Waals surface area contributed by atoms with Gasteiger partial charge in [-0.2, -0.15) is 0 Å². The molecule has 0 aliphatic heterocycles. The molecule has 4 N–H and O–H groups in total. The molecule has 0 spiro atoms. The van der Waals surface area contributed by atoms with Crippen molar-refractivity contribution in [3.8, 4) is 11.5 Å². The Bertz CT molecular complexity index is 1410. The molecule has 32 heavy (non-hydrogen) atoms. The van der Waals surface area contributed by atoms with Crippen molar-refractivity contribution in [1.82, 2.24) is 15.5 Å². The quantitative estimate of drug-likeness (QED) is 0.373. The second-order valence-corrected chi connectivity index (χ2v) is 6.78. The molecule has 0 bridgehead atoms. The van der Waals surface area contributed by atoms with Crippen molar-refractivity contribution in [2.45, 2.75) is 0 Å². The topological polar surface area (TPSA) is 133 Å². The van der Waals surface area contributed by atoms with E-state index >= 15 is 0 Å². The molecule has 4 aromatic rings. The number of aromatic nitrogens is 2. The van der Waals surface area contributed by atoms with Crippen LogP contribution in [0.2, 0.25) is 0 Å². The van der Waals surface area contributed by atoms with Crippen LogP contribution in [0.3, 0.4) is 0 Å². The van der Waals surface area contributed by atoms with E-state index in [4.69, 9.17) is 4.74 Å². The van der Waals surface area contributed by atoms with Crippen molar-refractivity contribution in [1.29, 1.82) is 0 Å². The molecule has 0 saturated carbocycles. The Morgan fingerprint density at radius 1 is 0.812 bits per heavy atom. The van der Waals surface area contributed by atoms with E-state index in [2.05, 4.69) is 20.8 Å². The lowest BCUT2D eigenvalue weighted by atomic mass is 10.1. The third-order valence-electron chi connectivity index (χ3n) is 4.61. The minimum atomic E-state index is -0.563. The summed E-state index contributed by atoms with van der Waals surface area (Å²) >= 11 is 0. The monoisotopic (exact) mass is 430 g/mol. The number of H-pyrrole nitrogens is 2. The first-order chi connectivity index (χ1) is 15.5. The van der Waals surface area contributed by atoms with Gasteiger partial charge in [0.2, 0.25) is 5.91 Å². The highest BCUT2D eigenvalue weighted by Crippen LogP contribution is 2.25. The molecule has 0 aliphatic carbocycles. The van der Waals surface area contributed by atoms with Crippen LogP contribution in [0, 0.1) is 0 Å². The highest BCUT2D eigenvalue weighted by atomic mass is 16.5. The number of rotatable bonds is 6. The van der Waals surface area contributed by atoms with E-state index in [0.29, 0.717) is 11.5 Å². The molecule has 2 amide bonds. The van der Waals surface area contributed by atoms with E-state index in [1.807, 2.05) is 18.2 Å². The van der Waals surface area contributed by atoms with Gasteiger partial charge in [-0.1, -0.05) is 36.4 Å². The summed E-state index contributed by atoms with van der Waals surface area (Å²) in [5.74, 6) is -0.149. The maximum Gasteiger partial charge on any atom is 0.272 e. The third-order valence-corrected chi connectivity index (χ3v) is 4.61. The molecule has 160 valence electrons. The fourth-order valence-corrected chi connectivity index (χ4v) is 3.14. The van der Waals surface area contributed by atoms with Crippen molar-refractivity contribution in [2.24, 2.45) is 0 Å². The number of benzene rings is 3. The Morgan fingerprint density at radius 2 is 1.53 bits per heavy atom. The van der Waals surface area contributed by atoms with Crippen LogP contribution < -0.4 is 26.5 Å². The van der Waals surface area contributed by atoms with Crippen LogP contribution in [0.5, 0.6) is 11.5 Å². The number of hydrogen-bond acceptors (Lipinski definition) is 5. The van der Waals surface area contributed by atoms with Gasteiger partial charge in [0.1, 0.15) is 11.5 Å². The molecule has 3 aromatic carbocycles. The van der Waals surface area contributed by atoms with E-state index in [-0.39, 0.29) is 28.6 Å². The van der Waals surface area contributed by atoms with Crippen LogP contribution in [-0.4, -0.2) is 28.6 Å². The van der Waals surface area contributed by atoms with Crippen molar-refractivity contribution < 1.29 is 14.3 Å². The van der Waals surface area contributed by atoms with Crippen molar-refractivity contribution in [2.75, 3.05) is 11.9 Å². The Hall–Kier alpha value is -4.66. The molecule has 9 nitrogen and oxygen atoms in total. The van der Waals surface area contributed by atoms with E-state index in [1.54, 1.807) is 42.5 Å². The summed E-state index contributed by atoms with van der Waals surface area (Å²) in [6, 6.07) is 20.2. The van der Waals surface area contributed by atoms with Crippen LogP contribution in [0.25, 0.3) is 10.8 Å². The van der Waals surface area contributed by atoms with Crippen LogP contribution in [0.1, 0.15) is 10.4 Å².